The summed E-state index contributed by atoms with van der Waals surface area (Å²) in [5.74, 6) is 0.524. The lowest BCUT2D eigenvalue weighted by Gasteiger charge is -2.31. The molecule has 2 rings (SSSR count). The SMILES string of the molecule is CNCC1CCN(S(=O)(=O)Nc2cccc(Cl)c2Cl)CC1. The Kier molecular flexibility index (Phi) is 5.73. The molecule has 1 aliphatic heterocycles. The first-order valence-corrected chi connectivity index (χ1v) is 9.00. The van der Waals surface area contributed by atoms with Crippen molar-refractivity contribution in [1.29, 1.82) is 0 Å². The first-order chi connectivity index (χ1) is 9.94. The van der Waals surface area contributed by atoms with Crippen LogP contribution in [0.4, 0.5) is 5.69 Å². The van der Waals surface area contributed by atoms with Gasteiger partial charge in [0.1, 0.15) is 0 Å². The van der Waals surface area contributed by atoms with E-state index in [1.807, 2.05) is 7.05 Å². The fourth-order valence-electron chi connectivity index (χ4n) is 2.43. The van der Waals surface area contributed by atoms with Gasteiger partial charge in [0.2, 0.25) is 0 Å². The smallest absolute Gasteiger partial charge is 0.301 e. The van der Waals surface area contributed by atoms with Crippen LogP contribution in [-0.2, 0) is 10.2 Å². The molecule has 1 aromatic rings. The quantitative estimate of drug-likeness (QED) is 0.856. The zero-order valence-electron chi connectivity index (χ0n) is 11.8. The van der Waals surface area contributed by atoms with Gasteiger partial charge in [-0.25, -0.2) is 0 Å². The molecule has 8 heteroatoms. The number of nitrogens with zero attached hydrogens (tertiary/aromatic N) is 1. The van der Waals surface area contributed by atoms with Crippen molar-refractivity contribution in [2.24, 2.45) is 5.92 Å². The Labute approximate surface area is 135 Å². The van der Waals surface area contributed by atoms with Crippen LogP contribution in [0, 0.1) is 5.92 Å². The molecule has 21 heavy (non-hydrogen) atoms. The van der Waals surface area contributed by atoms with Crippen LogP contribution in [0.3, 0.4) is 0 Å². The van der Waals surface area contributed by atoms with Gasteiger partial charge in [-0.15, -0.1) is 0 Å². The fourth-order valence-corrected chi connectivity index (χ4v) is 4.10. The van der Waals surface area contributed by atoms with Crippen LogP contribution < -0.4 is 10.0 Å². The first kappa shape index (κ1) is 16.8. The molecular weight excluding hydrogens is 333 g/mol. The zero-order chi connectivity index (χ0) is 15.5. The lowest BCUT2D eigenvalue weighted by atomic mass is 9.98. The van der Waals surface area contributed by atoms with Gasteiger partial charge in [0.05, 0.1) is 15.7 Å². The Morgan fingerprint density at radius 2 is 1.95 bits per heavy atom. The van der Waals surface area contributed by atoms with Gasteiger partial charge in [0, 0.05) is 13.1 Å². The van der Waals surface area contributed by atoms with E-state index in [-0.39, 0.29) is 5.02 Å². The minimum absolute atomic E-state index is 0.216. The summed E-state index contributed by atoms with van der Waals surface area (Å²) in [4.78, 5) is 0. The number of hydrogen-bond donors (Lipinski definition) is 2. The molecule has 2 N–H and O–H groups in total. The van der Waals surface area contributed by atoms with Crippen molar-refractivity contribution in [2.75, 3.05) is 31.4 Å². The highest BCUT2D eigenvalue weighted by molar-refractivity contribution is 7.90. The van der Waals surface area contributed by atoms with Crippen molar-refractivity contribution in [2.45, 2.75) is 12.8 Å². The van der Waals surface area contributed by atoms with Crippen molar-refractivity contribution in [3.05, 3.63) is 28.2 Å². The normalized spacial score (nSPS) is 17.9. The summed E-state index contributed by atoms with van der Waals surface area (Å²) < 4.78 is 28.7. The van der Waals surface area contributed by atoms with Crippen molar-refractivity contribution in [1.82, 2.24) is 9.62 Å². The molecule has 5 nitrogen and oxygen atoms in total. The van der Waals surface area contributed by atoms with Gasteiger partial charge in [0.25, 0.3) is 0 Å². The third-order valence-corrected chi connectivity index (χ3v) is 5.94. The van der Waals surface area contributed by atoms with Gasteiger partial charge in [-0.1, -0.05) is 29.3 Å². The third kappa shape index (κ3) is 4.23. The maximum absolute atomic E-state index is 12.4. The molecule has 1 heterocycles. The van der Waals surface area contributed by atoms with Crippen molar-refractivity contribution in [3.8, 4) is 0 Å². The maximum atomic E-state index is 12.4. The molecule has 0 saturated carbocycles. The van der Waals surface area contributed by atoms with E-state index >= 15 is 0 Å². The third-order valence-electron chi connectivity index (χ3n) is 3.60. The van der Waals surface area contributed by atoms with Crippen molar-refractivity contribution in [3.63, 3.8) is 0 Å². The Morgan fingerprint density at radius 3 is 2.57 bits per heavy atom. The lowest BCUT2D eigenvalue weighted by molar-refractivity contribution is 0.272. The van der Waals surface area contributed by atoms with Crippen LogP contribution in [0.5, 0.6) is 0 Å². The second-order valence-electron chi connectivity index (χ2n) is 5.11. The number of nitrogens with one attached hydrogen (secondary N) is 2. The van der Waals surface area contributed by atoms with E-state index in [1.165, 1.54) is 4.31 Å². The second kappa shape index (κ2) is 7.15. The van der Waals surface area contributed by atoms with Crippen LogP contribution in [0.1, 0.15) is 12.8 Å². The number of halogens is 2. The molecule has 1 saturated heterocycles. The predicted molar refractivity (Wildman–Crippen MR) is 87.2 cm³/mol. The van der Waals surface area contributed by atoms with Gasteiger partial charge in [-0.3, -0.25) is 4.72 Å². The Morgan fingerprint density at radius 1 is 1.29 bits per heavy atom. The highest BCUT2D eigenvalue weighted by Gasteiger charge is 2.28. The summed E-state index contributed by atoms with van der Waals surface area (Å²) in [7, 11) is -1.69. The highest BCUT2D eigenvalue weighted by Crippen LogP contribution is 2.31. The van der Waals surface area contributed by atoms with Crippen molar-refractivity contribution < 1.29 is 8.42 Å². The van der Waals surface area contributed by atoms with E-state index in [0.717, 1.165) is 19.4 Å². The minimum atomic E-state index is -3.59. The summed E-state index contributed by atoms with van der Waals surface area (Å²) in [5.41, 5.74) is 0.307. The monoisotopic (exact) mass is 351 g/mol. The van der Waals surface area contributed by atoms with Crippen LogP contribution in [0.25, 0.3) is 0 Å². The van der Waals surface area contributed by atoms with E-state index in [1.54, 1.807) is 18.2 Å². The molecule has 0 unspecified atom stereocenters. The van der Waals surface area contributed by atoms with Crippen LogP contribution >= 0.6 is 23.2 Å². The number of hydrogen-bond acceptors (Lipinski definition) is 3. The summed E-state index contributed by atoms with van der Waals surface area (Å²) in [6.45, 7) is 1.95. The number of rotatable bonds is 5. The van der Waals surface area contributed by atoms with E-state index in [0.29, 0.717) is 29.7 Å². The van der Waals surface area contributed by atoms with E-state index in [2.05, 4.69) is 10.0 Å². The highest BCUT2D eigenvalue weighted by atomic mass is 35.5. The molecule has 0 bridgehead atoms. The number of benzene rings is 1. The topological polar surface area (TPSA) is 61.4 Å². The van der Waals surface area contributed by atoms with E-state index in [4.69, 9.17) is 23.2 Å². The summed E-state index contributed by atoms with van der Waals surface area (Å²) in [6.07, 6.45) is 1.70. The average molecular weight is 352 g/mol. The molecule has 0 amide bonds. The molecule has 0 aliphatic carbocycles. The fraction of sp³-hybridized carbons (Fsp3) is 0.538. The lowest BCUT2D eigenvalue weighted by Crippen LogP contribution is -2.43. The van der Waals surface area contributed by atoms with Gasteiger partial charge in [-0.2, -0.15) is 12.7 Å². The van der Waals surface area contributed by atoms with Crippen molar-refractivity contribution >= 4 is 39.1 Å². The summed E-state index contributed by atoms with van der Waals surface area (Å²) in [6, 6.07) is 4.87. The van der Waals surface area contributed by atoms with E-state index in [9.17, 15) is 8.42 Å². The molecule has 0 aromatic heterocycles. The van der Waals surface area contributed by atoms with Crippen LogP contribution in [0.2, 0.25) is 10.0 Å². The Bertz CT molecular complexity index is 587. The molecule has 1 aliphatic rings. The molecule has 0 spiro atoms. The standard InChI is InChI=1S/C13H19Cl2N3O2S/c1-16-9-10-5-7-18(8-6-10)21(19,20)17-12-4-2-3-11(14)13(12)15/h2-4,10,16-17H,5-9H2,1H3. The zero-order valence-corrected chi connectivity index (χ0v) is 14.1. The second-order valence-corrected chi connectivity index (χ2v) is 7.56. The van der Waals surface area contributed by atoms with Gasteiger partial charge in [-0.05, 0) is 44.5 Å². The van der Waals surface area contributed by atoms with Gasteiger partial charge >= 0.3 is 10.2 Å². The van der Waals surface area contributed by atoms with Crippen LogP contribution in [-0.4, -0.2) is 39.4 Å². The number of piperidine rings is 1. The summed E-state index contributed by atoms with van der Waals surface area (Å²) >= 11 is 11.9. The summed E-state index contributed by atoms with van der Waals surface area (Å²) in [5, 5.41) is 3.67. The molecule has 0 atom stereocenters. The molecule has 0 radical (unpaired) electrons. The van der Waals surface area contributed by atoms with Crippen LogP contribution in [0.15, 0.2) is 18.2 Å². The number of anilines is 1. The molecule has 118 valence electrons. The molecular formula is C13H19Cl2N3O2S. The Hall–Kier alpha value is -0.530. The first-order valence-electron chi connectivity index (χ1n) is 6.80. The molecule has 1 fully saturated rings. The minimum Gasteiger partial charge on any atom is -0.319 e. The predicted octanol–water partition coefficient (Wildman–Crippen LogP) is 2.58. The van der Waals surface area contributed by atoms with E-state index < -0.39 is 10.2 Å². The largest absolute Gasteiger partial charge is 0.319 e. The van der Waals surface area contributed by atoms with Gasteiger partial charge < -0.3 is 5.32 Å². The Balaban J connectivity index is 2.04. The van der Waals surface area contributed by atoms with Gasteiger partial charge in [0.15, 0.2) is 0 Å². The average Bonchev–Trinajstić information content (AvgIpc) is 2.45. The molecule has 1 aromatic carbocycles. The maximum Gasteiger partial charge on any atom is 0.301 e.